The molecule has 11 nitrogen and oxygen atoms in total. The summed E-state index contributed by atoms with van der Waals surface area (Å²) in [4.78, 5) is 24.1. The van der Waals surface area contributed by atoms with E-state index >= 15 is 0 Å². The topological polar surface area (TPSA) is 184 Å². The molecule has 0 aromatic heterocycles. The molecule has 0 saturated heterocycles. The van der Waals surface area contributed by atoms with Crippen molar-refractivity contribution in [2.45, 2.75) is 90.7 Å². The number of carbonyl (C=O) groups is 2. The molecule has 0 aliphatic heterocycles. The number of rotatable bonds is 16. The van der Waals surface area contributed by atoms with E-state index in [4.69, 9.17) is 27.0 Å². The summed E-state index contributed by atoms with van der Waals surface area (Å²) in [5.74, 6) is -1.74. The average molecular weight is 543 g/mol. The molecule has 2 N–H and O–H groups in total. The second-order valence-electron chi connectivity index (χ2n) is 7.78. The van der Waals surface area contributed by atoms with Crippen LogP contribution in [0.3, 0.4) is 0 Å². The molecule has 34 heavy (non-hydrogen) atoms. The summed E-state index contributed by atoms with van der Waals surface area (Å²) >= 11 is 0. The van der Waals surface area contributed by atoms with Gasteiger partial charge >= 0.3 is 51.9 Å². The zero-order valence-electron chi connectivity index (χ0n) is 20.9. The first-order chi connectivity index (χ1) is 15.2. The van der Waals surface area contributed by atoms with Gasteiger partial charge in [0, 0.05) is 0 Å². The van der Waals surface area contributed by atoms with Crippen molar-refractivity contribution in [3.8, 4) is 0 Å². The van der Waals surface area contributed by atoms with E-state index in [2.05, 4.69) is 13.8 Å². The molecule has 0 aromatic carbocycles. The first-order valence-electron chi connectivity index (χ1n) is 11.2. The summed E-state index contributed by atoms with van der Waals surface area (Å²) in [6, 6.07) is 0. The fraction of sp³-hybridized carbons (Fsp3) is 0.900. The molecular formula is C20H39NaO11S2. The van der Waals surface area contributed by atoms with Crippen LogP contribution in [0.5, 0.6) is 0 Å². The third kappa shape index (κ3) is 23.5. The molecule has 0 spiro atoms. The summed E-state index contributed by atoms with van der Waals surface area (Å²) in [6.45, 7) is 8.26. The van der Waals surface area contributed by atoms with Crippen molar-refractivity contribution in [3.05, 3.63) is 0 Å². The molecule has 3 atom stereocenters. The van der Waals surface area contributed by atoms with Crippen molar-refractivity contribution >= 4 is 32.5 Å². The van der Waals surface area contributed by atoms with Gasteiger partial charge in [0.15, 0.2) is 5.25 Å². The summed E-state index contributed by atoms with van der Waals surface area (Å²) < 4.78 is 76.2. The van der Waals surface area contributed by atoms with E-state index in [1.807, 2.05) is 13.8 Å². The van der Waals surface area contributed by atoms with Gasteiger partial charge in [-0.05, 0) is 24.7 Å². The molecule has 0 fully saturated rings. The van der Waals surface area contributed by atoms with Gasteiger partial charge in [-0.3, -0.25) is 18.7 Å². The van der Waals surface area contributed by atoms with E-state index in [9.17, 15) is 22.6 Å². The minimum absolute atomic E-state index is 0. The van der Waals surface area contributed by atoms with Gasteiger partial charge < -0.3 is 14.0 Å². The zero-order valence-corrected chi connectivity index (χ0v) is 24.5. The van der Waals surface area contributed by atoms with Crippen molar-refractivity contribution in [2.75, 3.05) is 13.2 Å². The van der Waals surface area contributed by atoms with E-state index in [0.29, 0.717) is 0 Å². The molecule has 3 unspecified atom stereocenters. The molecule has 0 aromatic rings. The summed E-state index contributed by atoms with van der Waals surface area (Å²) in [6.07, 6.45) is 6.58. The van der Waals surface area contributed by atoms with E-state index in [0.717, 1.165) is 51.4 Å². The Labute approximate surface area is 226 Å². The third-order valence-corrected chi connectivity index (χ3v) is 6.05. The fourth-order valence-electron chi connectivity index (χ4n) is 2.81. The molecule has 0 radical (unpaired) electrons. The number of carbonyl (C=O) groups excluding carboxylic acids is 2. The van der Waals surface area contributed by atoms with E-state index in [1.165, 1.54) is 0 Å². The standard InChI is InChI=1S/C20H38O7S.Na.H2O4S/c1-5-9-11-16(7-3)14-26-19(21)13-18(28(23,24)25)20(22)27-15-17(8-4)12-10-6-2;;1-5(2,3)4/h16-18H,5-15H2,1-4H3,(H,23,24,25);;(H2,1,2,3,4)/q;+1;/p-1. The Kier molecular flexibility index (Phi) is 23.5. The predicted octanol–water partition coefficient (Wildman–Crippen LogP) is 0.161. The normalized spacial score (nSPS) is 14.0. The Morgan fingerprint density at radius 3 is 1.53 bits per heavy atom. The van der Waals surface area contributed by atoms with Crippen LogP contribution in [0.15, 0.2) is 0 Å². The molecule has 0 saturated carbocycles. The Balaban J connectivity index is -0.00000144. The van der Waals surface area contributed by atoms with Gasteiger partial charge in [0.2, 0.25) is 0 Å². The number of unbranched alkanes of at least 4 members (excludes halogenated alkanes) is 2. The Morgan fingerprint density at radius 2 is 1.21 bits per heavy atom. The van der Waals surface area contributed by atoms with E-state index in [-0.39, 0.29) is 54.6 Å². The molecule has 0 aliphatic rings. The van der Waals surface area contributed by atoms with Gasteiger partial charge in [0.05, 0.1) is 19.6 Å². The smallest absolute Gasteiger partial charge is 0.747 e. The molecule has 198 valence electrons. The van der Waals surface area contributed by atoms with Gasteiger partial charge in [0.1, 0.15) is 10.1 Å². The summed E-state index contributed by atoms with van der Waals surface area (Å²) in [7, 11) is -9.68. The van der Waals surface area contributed by atoms with Crippen LogP contribution in [-0.2, 0) is 39.6 Å². The Hall–Kier alpha value is -0.280. The first-order valence-corrected chi connectivity index (χ1v) is 14.0. The number of hydrogen-bond donors (Lipinski definition) is 2. The van der Waals surface area contributed by atoms with E-state index < -0.39 is 44.1 Å². The van der Waals surface area contributed by atoms with Crippen molar-refractivity contribution in [1.82, 2.24) is 0 Å². The second kappa shape index (κ2) is 20.9. The maximum Gasteiger partial charge on any atom is 1.00 e. The van der Waals surface area contributed by atoms with Crippen LogP contribution >= 0.6 is 0 Å². The molecular weight excluding hydrogens is 503 g/mol. The van der Waals surface area contributed by atoms with Crippen molar-refractivity contribution < 1.29 is 79.1 Å². The quantitative estimate of drug-likeness (QED) is 0.154. The average Bonchev–Trinajstić information content (AvgIpc) is 2.70. The minimum Gasteiger partial charge on any atom is -0.747 e. The second-order valence-corrected chi connectivity index (χ2v) is 10.2. The molecule has 0 aliphatic carbocycles. The maximum atomic E-state index is 12.1. The van der Waals surface area contributed by atoms with Crippen LogP contribution < -0.4 is 29.6 Å². The van der Waals surface area contributed by atoms with Crippen molar-refractivity contribution in [3.63, 3.8) is 0 Å². The van der Waals surface area contributed by atoms with Crippen LogP contribution in [0.2, 0.25) is 0 Å². The minimum atomic E-state index is -5.01. The number of ether oxygens (including phenoxy) is 2. The zero-order chi connectivity index (χ0) is 26.1. The maximum absolute atomic E-state index is 12.1. The first kappa shape index (κ1) is 38.3. The Bertz CT molecular complexity index is 746. The van der Waals surface area contributed by atoms with Crippen LogP contribution in [0.1, 0.15) is 85.5 Å². The van der Waals surface area contributed by atoms with Crippen LogP contribution in [-0.4, -0.2) is 60.9 Å². The SMILES string of the molecule is CCCCC(CC)COC(=O)CC(C(=O)OCC(CC)CCCC)S(=O)(=O)[O-].O=S(=O)(O)O.[Na+]. The van der Waals surface area contributed by atoms with Gasteiger partial charge in [-0.1, -0.05) is 66.2 Å². The van der Waals surface area contributed by atoms with Gasteiger partial charge in [-0.15, -0.1) is 0 Å². The molecule has 0 rings (SSSR count). The number of hydrogen-bond acceptors (Lipinski definition) is 9. The molecule has 0 amide bonds. The largest absolute Gasteiger partial charge is 1.00 e. The van der Waals surface area contributed by atoms with Crippen molar-refractivity contribution in [1.29, 1.82) is 0 Å². The van der Waals surface area contributed by atoms with Crippen LogP contribution in [0.25, 0.3) is 0 Å². The van der Waals surface area contributed by atoms with Crippen LogP contribution in [0.4, 0.5) is 0 Å². The fourth-order valence-corrected chi connectivity index (χ4v) is 3.46. The molecule has 14 heteroatoms. The van der Waals surface area contributed by atoms with Gasteiger partial charge in [-0.2, -0.15) is 8.42 Å². The predicted molar refractivity (Wildman–Crippen MR) is 121 cm³/mol. The van der Waals surface area contributed by atoms with E-state index in [1.54, 1.807) is 0 Å². The summed E-state index contributed by atoms with van der Waals surface area (Å²) in [5.41, 5.74) is 0. The monoisotopic (exact) mass is 542 g/mol. The molecule has 0 heterocycles. The van der Waals surface area contributed by atoms with Crippen molar-refractivity contribution in [2.24, 2.45) is 11.8 Å². The Morgan fingerprint density at radius 1 is 0.824 bits per heavy atom. The molecule has 0 bridgehead atoms. The number of esters is 2. The van der Waals surface area contributed by atoms with Gasteiger partial charge in [0.25, 0.3) is 0 Å². The third-order valence-electron chi connectivity index (χ3n) is 4.99. The van der Waals surface area contributed by atoms with Gasteiger partial charge in [-0.25, -0.2) is 8.42 Å². The van der Waals surface area contributed by atoms with Crippen LogP contribution in [0, 0.1) is 11.8 Å². The summed E-state index contributed by atoms with van der Waals surface area (Å²) in [5, 5.41) is -2.06.